The number of rotatable bonds is 3. The van der Waals surface area contributed by atoms with Crippen molar-refractivity contribution in [3.8, 4) is 5.75 Å². The number of anilines is 1. The molecule has 3 nitrogen and oxygen atoms in total. The third kappa shape index (κ3) is 4.42. The summed E-state index contributed by atoms with van der Waals surface area (Å²) in [5.74, 6) is -0.477. The van der Waals surface area contributed by atoms with Crippen molar-refractivity contribution in [1.82, 2.24) is 0 Å². The lowest BCUT2D eigenvalue weighted by atomic mass is 10.1. The maximum absolute atomic E-state index is 13.2. The van der Waals surface area contributed by atoms with E-state index in [9.17, 15) is 18.0 Å². The van der Waals surface area contributed by atoms with Gasteiger partial charge in [0.15, 0.2) is 0 Å². The second-order valence-corrected chi connectivity index (χ2v) is 7.63. The summed E-state index contributed by atoms with van der Waals surface area (Å²) in [6.07, 6.45) is -4.58. The van der Waals surface area contributed by atoms with Gasteiger partial charge < -0.3 is 10.1 Å². The van der Waals surface area contributed by atoms with Crippen molar-refractivity contribution < 1.29 is 22.7 Å². The van der Waals surface area contributed by atoms with Crippen LogP contribution in [0.4, 0.5) is 18.9 Å². The number of ether oxygens (including phenoxy) is 1. The van der Waals surface area contributed by atoms with E-state index in [-0.39, 0.29) is 17.0 Å². The fourth-order valence-electron chi connectivity index (χ4n) is 1.99. The summed E-state index contributed by atoms with van der Waals surface area (Å²) in [7, 11) is 1.37. The van der Waals surface area contributed by atoms with Crippen LogP contribution in [-0.2, 0) is 6.18 Å². The molecule has 0 unspecified atom stereocenters. The molecule has 128 valence electrons. The van der Waals surface area contributed by atoms with Crippen molar-refractivity contribution in [3.05, 3.63) is 54.0 Å². The van der Waals surface area contributed by atoms with Gasteiger partial charge in [-0.1, -0.05) is 15.9 Å². The molecule has 0 aromatic heterocycles. The minimum Gasteiger partial charge on any atom is -0.495 e. The van der Waals surface area contributed by atoms with E-state index < -0.39 is 17.6 Å². The quantitative estimate of drug-likeness (QED) is 0.447. The number of hydrogen-bond donors (Lipinski definition) is 1. The van der Waals surface area contributed by atoms with Crippen LogP contribution in [-0.4, -0.2) is 13.0 Å². The first-order valence-corrected chi connectivity index (χ1v) is 9.01. The van der Waals surface area contributed by atoms with Crippen LogP contribution in [0.1, 0.15) is 15.9 Å². The second kappa shape index (κ2) is 7.61. The minimum absolute atomic E-state index is 0.102. The molecule has 1 amide bonds. The van der Waals surface area contributed by atoms with E-state index in [1.165, 1.54) is 25.3 Å². The van der Waals surface area contributed by atoms with Crippen LogP contribution >= 0.6 is 54.5 Å². The van der Waals surface area contributed by atoms with Crippen molar-refractivity contribution >= 4 is 66.0 Å². The molecule has 1 N–H and O–H groups in total. The van der Waals surface area contributed by atoms with E-state index in [0.29, 0.717) is 12.5 Å². The van der Waals surface area contributed by atoms with Gasteiger partial charge in [0.25, 0.3) is 5.91 Å². The van der Waals surface area contributed by atoms with Crippen LogP contribution in [0.3, 0.4) is 0 Å². The molecule has 9 heteroatoms. The smallest absolute Gasteiger partial charge is 0.418 e. The van der Waals surface area contributed by atoms with Gasteiger partial charge in [0.05, 0.1) is 28.4 Å². The van der Waals surface area contributed by atoms with Gasteiger partial charge in [-0.2, -0.15) is 13.2 Å². The molecule has 2 aromatic rings. The van der Waals surface area contributed by atoms with Crippen LogP contribution in [0.15, 0.2) is 39.3 Å². The average molecular weight is 579 g/mol. The predicted molar refractivity (Wildman–Crippen MR) is 101 cm³/mol. The average Bonchev–Trinajstić information content (AvgIpc) is 2.47. The molecule has 0 saturated carbocycles. The summed E-state index contributed by atoms with van der Waals surface area (Å²) in [6, 6.07) is 6.83. The zero-order valence-electron chi connectivity index (χ0n) is 12.0. The van der Waals surface area contributed by atoms with Gasteiger partial charge in [0.1, 0.15) is 5.75 Å². The molecule has 0 aliphatic carbocycles. The SMILES string of the molecule is COc1c(Br)cc(Br)cc1C(=O)Nc1ccc(I)cc1C(F)(F)F. The van der Waals surface area contributed by atoms with Gasteiger partial charge in [-0.05, 0) is 68.9 Å². The first-order valence-electron chi connectivity index (χ1n) is 6.34. The van der Waals surface area contributed by atoms with Crippen LogP contribution in [0, 0.1) is 3.57 Å². The molecule has 24 heavy (non-hydrogen) atoms. The number of hydrogen-bond acceptors (Lipinski definition) is 2. The van der Waals surface area contributed by atoms with Crippen LogP contribution in [0.25, 0.3) is 0 Å². The number of benzene rings is 2. The molecule has 0 spiro atoms. The van der Waals surface area contributed by atoms with E-state index >= 15 is 0 Å². The fourth-order valence-corrected chi connectivity index (χ4v) is 3.86. The maximum Gasteiger partial charge on any atom is 0.418 e. The largest absolute Gasteiger partial charge is 0.495 e. The van der Waals surface area contributed by atoms with Gasteiger partial charge in [-0.25, -0.2) is 0 Å². The number of alkyl halides is 3. The van der Waals surface area contributed by atoms with Crippen LogP contribution in [0.5, 0.6) is 5.75 Å². The van der Waals surface area contributed by atoms with E-state index in [2.05, 4.69) is 37.2 Å². The molecule has 0 radical (unpaired) electrons. The maximum atomic E-state index is 13.2. The van der Waals surface area contributed by atoms with Gasteiger partial charge in [0, 0.05) is 8.04 Å². The van der Waals surface area contributed by atoms with Crippen molar-refractivity contribution in [2.75, 3.05) is 12.4 Å². The Morgan fingerprint density at radius 1 is 1.21 bits per heavy atom. The van der Waals surface area contributed by atoms with Crippen LogP contribution in [0.2, 0.25) is 0 Å². The highest BCUT2D eigenvalue weighted by Crippen LogP contribution is 2.37. The highest BCUT2D eigenvalue weighted by atomic mass is 127. The number of carbonyl (C=O) groups is 1. The summed E-state index contributed by atoms with van der Waals surface area (Å²) >= 11 is 8.27. The van der Waals surface area contributed by atoms with E-state index in [0.717, 1.165) is 6.07 Å². The number of methoxy groups -OCH3 is 1. The van der Waals surface area contributed by atoms with Crippen molar-refractivity contribution in [2.45, 2.75) is 6.18 Å². The van der Waals surface area contributed by atoms with E-state index in [1.54, 1.807) is 28.7 Å². The lowest BCUT2D eigenvalue weighted by molar-refractivity contribution is -0.137. The summed E-state index contributed by atoms with van der Waals surface area (Å²) < 4.78 is 46.1. The van der Waals surface area contributed by atoms with Crippen molar-refractivity contribution in [2.24, 2.45) is 0 Å². The lowest BCUT2D eigenvalue weighted by Gasteiger charge is -2.16. The predicted octanol–water partition coefficient (Wildman–Crippen LogP) is 6.10. The Morgan fingerprint density at radius 3 is 2.46 bits per heavy atom. The normalized spacial score (nSPS) is 11.3. The third-order valence-electron chi connectivity index (χ3n) is 2.99. The minimum atomic E-state index is -4.58. The van der Waals surface area contributed by atoms with Crippen molar-refractivity contribution in [1.29, 1.82) is 0 Å². The summed E-state index contributed by atoms with van der Waals surface area (Å²) in [5, 5.41) is 2.31. The summed E-state index contributed by atoms with van der Waals surface area (Å²) in [4.78, 5) is 12.5. The van der Waals surface area contributed by atoms with Crippen molar-refractivity contribution in [3.63, 3.8) is 0 Å². The van der Waals surface area contributed by atoms with Gasteiger partial charge in [-0.15, -0.1) is 0 Å². The second-order valence-electron chi connectivity index (χ2n) is 4.61. The Labute approximate surface area is 166 Å². The molecule has 0 atom stereocenters. The zero-order valence-corrected chi connectivity index (χ0v) is 17.3. The summed E-state index contributed by atoms with van der Waals surface area (Å²) in [6.45, 7) is 0. The molecular weight excluding hydrogens is 570 g/mol. The molecule has 0 heterocycles. The Hall–Kier alpha value is -0.810. The Bertz CT molecular complexity index is 797. The number of carbonyl (C=O) groups excluding carboxylic acids is 1. The first kappa shape index (κ1) is 19.5. The number of halogens is 6. The topological polar surface area (TPSA) is 38.3 Å². The fraction of sp³-hybridized carbons (Fsp3) is 0.133. The molecule has 0 aliphatic rings. The van der Waals surface area contributed by atoms with Gasteiger partial charge in [-0.3, -0.25) is 4.79 Å². The summed E-state index contributed by atoms with van der Waals surface area (Å²) in [5.41, 5.74) is -1.12. The number of amides is 1. The zero-order chi connectivity index (χ0) is 18.1. The molecule has 0 saturated heterocycles. The molecule has 0 aliphatic heterocycles. The molecule has 2 aromatic carbocycles. The van der Waals surface area contributed by atoms with Gasteiger partial charge >= 0.3 is 6.18 Å². The standard InChI is InChI=1S/C15H9Br2F3INO2/c1-24-13-9(4-7(16)5-11(13)17)14(23)22-12-3-2-8(21)6-10(12)15(18,19)20/h2-6H,1H3,(H,22,23). The molecule has 0 bridgehead atoms. The Balaban J connectivity index is 2.45. The highest BCUT2D eigenvalue weighted by molar-refractivity contribution is 14.1. The highest BCUT2D eigenvalue weighted by Gasteiger charge is 2.34. The molecule has 0 fully saturated rings. The van der Waals surface area contributed by atoms with E-state index in [1.807, 2.05) is 0 Å². The number of nitrogens with one attached hydrogen (secondary N) is 1. The Kier molecular flexibility index (Phi) is 6.19. The van der Waals surface area contributed by atoms with Gasteiger partial charge in [0.2, 0.25) is 0 Å². The molecule has 2 rings (SSSR count). The van der Waals surface area contributed by atoms with Crippen LogP contribution < -0.4 is 10.1 Å². The monoisotopic (exact) mass is 577 g/mol. The first-order chi connectivity index (χ1) is 11.1. The van der Waals surface area contributed by atoms with E-state index in [4.69, 9.17) is 4.74 Å². The molecular formula is C15H9Br2F3INO2. The Morgan fingerprint density at radius 2 is 1.88 bits per heavy atom. The third-order valence-corrected chi connectivity index (χ3v) is 4.71. The lowest BCUT2D eigenvalue weighted by Crippen LogP contribution is -2.17.